The normalized spacial score (nSPS) is 54.6. The Morgan fingerprint density at radius 2 is 1.50 bits per heavy atom. The van der Waals surface area contributed by atoms with E-state index in [9.17, 15) is 35.7 Å². The Balaban J connectivity index is 1.66. The van der Waals surface area contributed by atoms with Crippen molar-refractivity contribution in [2.45, 2.75) is 115 Å². The van der Waals surface area contributed by atoms with E-state index in [1.807, 2.05) is 13.8 Å². The fourth-order valence-corrected chi connectivity index (χ4v) is 9.52. The van der Waals surface area contributed by atoms with Crippen LogP contribution in [-0.2, 0) is 0 Å². The molecule has 0 radical (unpaired) electrons. The third-order valence-corrected chi connectivity index (χ3v) is 11.2. The molecule has 0 saturated heterocycles. The van der Waals surface area contributed by atoms with Gasteiger partial charge in [-0.05, 0) is 78.9 Å². The predicted octanol–water partition coefficient (Wildman–Crippen LogP) is 1.44. The van der Waals surface area contributed by atoms with Crippen LogP contribution in [0.2, 0.25) is 0 Å². The molecule has 0 heterocycles. The van der Waals surface area contributed by atoms with E-state index in [4.69, 9.17) is 0 Å². The second-order valence-electron chi connectivity index (χ2n) is 13.1. The zero-order valence-corrected chi connectivity index (χ0v) is 21.3. The van der Waals surface area contributed by atoms with Gasteiger partial charge in [0.1, 0.15) is 11.7 Å². The highest BCUT2D eigenvalue weighted by Gasteiger charge is 2.75. The summed E-state index contributed by atoms with van der Waals surface area (Å²) in [6.45, 7) is 8.38. The molecule has 34 heavy (non-hydrogen) atoms. The lowest BCUT2D eigenvalue weighted by atomic mass is 9.41. The maximum atomic E-state index is 12.3. The van der Waals surface area contributed by atoms with E-state index in [0.717, 1.165) is 25.7 Å². The minimum absolute atomic E-state index is 0.101. The van der Waals surface area contributed by atoms with Gasteiger partial charge in [0, 0.05) is 12.5 Å². The molecular weight excluding hydrogens is 436 g/mol. The van der Waals surface area contributed by atoms with Crippen LogP contribution in [0, 0.1) is 46.3 Å². The zero-order valence-electron chi connectivity index (χ0n) is 21.3. The molecule has 0 spiro atoms. The first kappa shape index (κ1) is 26.8. The van der Waals surface area contributed by atoms with Gasteiger partial charge in [-0.25, -0.2) is 0 Å². The van der Waals surface area contributed by atoms with Gasteiger partial charge in [-0.15, -0.1) is 0 Å². The van der Waals surface area contributed by atoms with Gasteiger partial charge in [-0.3, -0.25) is 0 Å². The standard InChI is InChI=1S/C27H48O7/c1-14(13-28)6-5-7-15(2)19-21(31)22(32)23-26(19,4)11-9-18-25(3)10-8-16(29)12-17(25)20(30)24(33)27(18,23)34/h14-24,28-34H,5-13H2,1-4H3/t14-,15+,16-,17-,18+,19-,20+,21+,22+,23+,24+,25-,26+,27-/m0/s1. The molecule has 0 amide bonds. The number of aliphatic hydroxyl groups is 7. The van der Waals surface area contributed by atoms with Gasteiger partial charge in [-0.2, -0.15) is 0 Å². The van der Waals surface area contributed by atoms with E-state index in [0.29, 0.717) is 25.7 Å². The number of aliphatic hydroxyl groups excluding tert-OH is 6. The summed E-state index contributed by atoms with van der Waals surface area (Å²) < 4.78 is 0. The second kappa shape index (κ2) is 9.23. The van der Waals surface area contributed by atoms with Crippen molar-refractivity contribution in [3.05, 3.63) is 0 Å². The van der Waals surface area contributed by atoms with E-state index >= 15 is 0 Å². The van der Waals surface area contributed by atoms with E-state index in [1.54, 1.807) is 0 Å². The number of rotatable bonds is 6. The second-order valence-corrected chi connectivity index (χ2v) is 13.1. The molecule has 4 fully saturated rings. The maximum absolute atomic E-state index is 12.3. The summed E-state index contributed by atoms with van der Waals surface area (Å²) in [5.74, 6) is -1.28. The van der Waals surface area contributed by atoms with Crippen LogP contribution in [0.5, 0.6) is 0 Å². The lowest BCUT2D eigenvalue weighted by molar-refractivity contribution is -0.309. The largest absolute Gasteiger partial charge is 0.396 e. The summed E-state index contributed by atoms with van der Waals surface area (Å²) >= 11 is 0. The van der Waals surface area contributed by atoms with Crippen molar-refractivity contribution in [2.24, 2.45) is 46.3 Å². The molecule has 7 N–H and O–H groups in total. The van der Waals surface area contributed by atoms with Crippen LogP contribution < -0.4 is 0 Å². The number of hydrogen-bond acceptors (Lipinski definition) is 7. The maximum Gasteiger partial charge on any atom is 0.109 e. The summed E-state index contributed by atoms with van der Waals surface area (Å²) in [4.78, 5) is 0. The average Bonchev–Trinajstić information content (AvgIpc) is 2.99. The predicted molar refractivity (Wildman–Crippen MR) is 128 cm³/mol. The molecule has 0 aromatic rings. The van der Waals surface area contributed by atoms with E-state index in [-0.39, 0.29) is 36.2 Å². The van der Waals surface area contributed by atoms with Crippen LogP contribution in [0.1, 0.15) is 79.1 Å². The smallest absolute Gasteiger partial charge is 0.109 e. The van der Waals surface area contributed by atoms with E-state index < -0.39 is 52.9 Å². The minimum atomic E-state index is -1.71. The van der Waals surface area contributed by atoms with Gasteiger partial charge < -0.3 is 35.7 Å². The van der Waals surface area contributed by atoms with Crippen LogP contribution >= 0.6 is 0 Å². The third kappa shape index (κ3) is 3.72. The Bertz CT molecular complexity index is 734. The highest BCUT2D eigenvalue weighted by atomic mass is 16.4. The van der Waals surface area contributed by atoms with E-state index in [1.165, 1.54) is 0 Å². The van der Waals surface area contributed by atoms with Gasteiger partial charge in [0.15, 0.2) is 0 Å². The zero-order chi connectivity index (χ0) is 25.2. The van der Waals surface area contributed by atoms with Gasteiger partial charge in [-0.1, -0.05) is 40.5 Å². The molecule has 0 aromatic heterocycles. The van der Waals surface area contributed by atoms with Crippen molar-refractivity contribution in [1.29, 1.82) is 0 Å². The van der Waals surface area contributed by atoms with Gasteiger partial charge >= 0.3 is 0 Å². The third-order valence-electron chi connectivity index (χ3n) is 11.2. The molecule has 7 heteroatoms. The van der Waals surface area contributed by atoms with Crippen molar-refractivity contribution in [1.82, 2.24) is 0 Å². The lowest BCUT2D eigenvalue weighted by Crippen LogP contribution is -2.75. The van der Waals surface area contributed by atoms with Crippen LogP contribution in [-0.4, -0.2) is 78.5 Å². The minimum Gasteiger partial charge on any atom is -0.396 e. The lowest BCUT2D eigenvalue weighted by Gasteiger charge is -2.67. The Morgan fingerprint density at radius 1 is 0.853 bits per heavy atom. The molecule has 4 rings (SSSR count). The van der Waals surface area contributed by atoms with Crippen molar-refractivity contribution in [2.75, 3.05) is 6.61 Å². The molecule has 4 saturated carbocycles. The molecule has 198 valence electrons. The van der Waals surface area contributed by atoms with Gasteiger partial charge in [0.05, 0.1) is 24.4 Å². The van der Waals surface area contributed by atoms with Gasteiger partial charge in [0.2, 0.25) is 0 Å². The Hall–Kier alpha value is -0.280. The van der Waals surface area contributed by atoms with Crippen molar-refractivity contribution < 1.29 is 35.7 Å². The summed E-state index contributed by atoms with van der Waals surface area (Å²) in [6.07, 6.45) is 0.370. The van der Waals surface area contributed by atoms with E-state index in [2.05, 4.69) is 13.8 Å². The highest BCUT2D eigenvalue weighted by Crippen LogP contribution is 2.69. The number of hydrogen-bond donors (Lipinski definition) is 7. The fraction of sp³-hybridized carbons (Fsp3) is 1.00. The SMILES string of the molecule is C[C@H](CO)CCC[C@@H](C)[C@H]1[C@@H](O)[C@@H](O)[C@@H]2[C@]1(C)CC[C@@H]1[C@@]3(C)CC[C@H](O)C[C@H]3[C@@H](O)[C@@H](O)[C@]12O. The topological polar surface area (TPSA) is 142 Å². The molecule has 0 unspecified atom stereocenters. The highest BCUT2D eigenvalue weighted by molar-refractivity contribution is 5.24. The summed E-state index contributed by atoms with van der Waals surface area (Å²) in [6, 6.07) is 0. The first-order chi connectivity index (χ1) is 15.8. The molecule has 14 atom stereocenters. The van der Waals surface area contributed by atoms with Crippen molar-refractivity contribution in [3.8, 4) is 0 Å². The van der Waals surface area contributed by atoms with Crippen LogP contribution in [0.25, 0.3) is 0 Å². The Kier molecular flexibility index (Phi) is 7.27. The Morgan fingerprint density at radius 3 is 2.15 bits per heavy atom. The summed E-state index contributed by atoms with van der Waals surface area (Å²) in [7, 11) is 0. The molecule has 0 bridgehead atoms. The first-order valence-corrected chi connectivity index (χ1v) is 13.6. The van der Waals surface area contributed by atoms with Gasteiger partial charge in [0.25, 0.3) is 0 Å². The molecular formula is C27H48O7. The number of fused-ring (bicyclic) bond motifs is 5. The van der Waals surface area contributed by atoms with Crippen molar-refractivity contribution >= 4 is 0 Å². The molecule has 4 aliphatic rings. The van der Waals surface area contributed by atoms with Crippen LogP contribution in [0.15, 0.2) is 0 Å². The fourth-order valence-electron chi connectivity index (χ4n) is 9.52. The monoisotopic (exact) mass is 484 g/mol. The van der Waals surface area contributed by atoms with Crippen LogP contribution in [0.3, 0.4) is 0 Å². The summed E-state index contributed by atoms with van der Waals surface area (Å²) in [5, 5.41) is 77.2. The summed E-state index contributed by atoms with van der Waals surface area (Å²) in [5.41, 5.74) is -2.74. The molecule has 7 nitrogen and oxygen atoms in total. The molecule has 0 aromatic carbocycles. The molecule has 4 aliphatic carbocycles. The molecule has 0 aliphatic heterocycles. The average molecular weight is 485 g/mol. The quantitative estimate of drug-likeness (QED) is 0.302. The van der Waals surface area contributed by atoms with Crippen LogP contribution in [0.4, 0.5) is 0 Å². The first-order valence-electron chi connectivity index (χ1n) is 13.6. The Labute approximate surface area is 204 Å². The van der Waals surface area contributed by atoms with Crippen molar-refractivity contribution in [3.63, 3.8) is 0 Å².